The molecule has 0 bridgehead atoms. The van der Waals surface area contributed by atoms with Crippen LogP contribution in [0.15, 0.2) is 24.3 Å². The molecule has 1 N–H and O–H groups in total. The maximum atomic E-state index is 10.6. The van der Waals surface area contributed by atoms with Crippen LogP contribution in [0.3, 0.4) is 0 Å². The van der Waals surface area contributed by atoms with Gasteiger partial charge in [-0.25, -0.2) is 4.79 Å². The number of carboxylic acid groups (broad SMARTS) is 1. The second-order valence-corrected chi connectivity index (χ2v) is 3.10. The number of non-ortho nitro benzene ring substituents is 1. The first kappa shape index (κ1) is 13.2. The molecule has 1 aromatic carbocycles. The molecule has 0 aliphatic carbocycles. The minimum absolute atomic E-state index is 0.190. The number of carboxylic acids is 1. The summed E-state index contributed by atoms with van der Waals surface area (Å²) in [6.45, 7) is -0.230. The molecule has 0 radical (unpaired) electrons. The predicted octanol–water partition coefficient (Wildman–Crippen LogP) is 1.59. The molecule has 0 atom stereocenters. The van der Waals surface area contributed by atoms with Gasteiger partial charge in [-0.3, -0.25) is 10.1 Å². The van der Waals surface area contributed by atoms with Crippen molar-refractivity contribution in [3.63, 3.8) is 0 Å². The highest BCUT2D eigenvalue weighted by atomic mass is 16.6. The van der Waals surface area contributed by atoms with Gasteiger partial charge < -0.3 is 9.84 Å². The highest BCUT2D eigenvalue weighted by Gasteiger charge is 2.10. The van der Waals surface area contributed by atoms with Crippen LogP contribution in [0, 0.1) is 21.4 Å². The van der Waals surface area contributed by atoms with Crippen molar-refractivity contribution in [3.8, 4) is 11.8 Å². The summed E-state index contributed by atoms with van der Waals surface area (Å²) in [5, 5.41) is 27.5. The van der Waals surface area contributed by atoms with E-state index in [0.29, 0.717) is 0 Å². The fourth-order valence-corrected chi connectivity index (χ4v) is 1.18. The maximum Gasteiger partial charge on any atom is 0.328 e. The quantitative estimate of drug-likeness (QED) is 0.480. The SMILES string of the molecule is N#CCOc1ccc([N+](=O)[O-])cc1/C=C/C(=O)O. The molecule has 0 unspecified atom stereocenters. The zero-order valence-corrected chi connectivity index (χ0v) is 9.07. The smallest absolute Gasteiger partial charge is 0.328 e. The van der Waals surface area contributed by atoms with Gasteiger partial charge in [-0.15, -0.1) is 0 Å². The molecular weight excluding hydrogens is 240 g/mol. The molecule has 0 amide bonds. The number of rotatable bonds is 5. The lowest BCUT2D eigenvalue weighted by atomic mass is 10.1. The summed E-state index contributed by atoms with van der Waals surface area (Å²) in [6, 6.07) is 5.45. The summed E-state index contributed by atoms with van der Waals surface area (Å²) >= 11 is 0. The van der Waals surface area contributed by atoms with Crippen LogP contribution in [0.1, 0.15) is 5.56 Å². The van der Waals surface area contributed by atoms with Gasteiger partial charge in [0.15, 0.2) is 6.61 Å². The Morgan fingerprint density at radius 1 is 1.61 bits per heavy atom. The van der Waals surface area contributed by atoms with Gasteiger partial charge in [0, 0.05) is 23.8 Å². The van der Waals surface area contributed by atoms with Gasteiger partial charge in [0.05, 0.1) is 4.92 Å². The normalized spacial score (nSPS) is 9.94. The summed E-state index contributed by atoms with van der Waals surface area (Å²) in [6.07, 6.45) is 2.00. The summed E-state index contributed by atoms with van der Waals surface area (Å²) < 4.78 is 5.03. The first-order valence-corrected chi connectivity index (χ1v) is 4.74. The largest absolute Gasteiger partial charge is 0.478 e. The van der Waals surface area contributed by atoms with Crippen molar-refractivity contribution in [2.24, 2.45) is 0 Å². The van der Waals surface area contributed by atoms with Gasteiger partial charge in [0.25, 0.3) is 5.69 Å². The number of nitro groups is 1. The van der Waals surface area contributed by atoms with Crippen molar-refractivity contribution in [1.82, 2.24) is 0 Å². The first-order chi connectivity index (χ1) is 8.54. The zero-order chi connectivity index (χ0) is 13.5. The Morgan fingerprint density at radius 3 is 2.89 bits per heavy atom. The number of nitro benzene ring substituents is 1. The van der Waals surface area contributed by atoms with E-state index in [0.717, 1.165) is 6.08 Å². The number of nitrogens with zero attached hydrogens (tertiary/aromatic N) is 2. The third kappa shape index (κ3) is 3.61. The number of benzene rings is 1. The summed E-state index contributed by atoms with van der Waals surface area (Å²) in [5.74, 6) is -0.979. The van der Waals surface area contributed by atoms with Crippen LogP contribution in [-0.2, 0) is 4.79 Å². The standard InChI is InChI=1S/C11H8N2O5/c12-5-6-18-10-3-2-9(13(16)17)7-8(10)1-4-11(14)15/h1-4,7H,6H2,(H,14,15)/b4-1+. The predicted molar refractivity (Wildman–Crippen MR) is 60.9 cm³/mol. The van der Waals surface area contributed by atoms with E-state index >= 15 is 0 Å². The van der Waals surface area contributed by atoms with Crippen LogP contribution in [0.2, 0.25) is 0 Å². The lowest BCUT2D eigenvalue weighted by Crippen LogP contribution is -1.97. The van der Waals surface area contributed by atoms with Crippen molar-refractivity contribution in [1.29, 1.82) is 5.26 Å². The molecule has 92 valence electrons. The molecule has 18 heavy (non-hydrogen) atoms. The molecule has 0 aliphatic heterocycles. The Hall–Kier alpha value is -2.88. The van der Waals surface area contributed by atoms with Crippen molar-refractivity contribution in [2.75, 3.05) is 6.61 Å². The summed E-state index contributed by atoms with van der Waals surface area (Å²) in [4.78, 5) is 20.4. The van der Waals surface area contributed by atoms with E-state index in [4.69, 9.17) is 15.1 Å². The van der Waals surface area contributed by atoms with Crippen LogP contribution in [-0.4, -0.2) is 22.6 Å². The summed E-state index contributed by atoms with van der Waals surface area (Å²) in [7, 11) is 0. The Labute approximate surface area is 102 Å². The number of aliphatic carboxylic acids is 1. The Kier molecular flexibility index (Phi) is 4.40. The monoisotopic (exact) mass is 248 g/mol. The third-order valence-electron chi connectivity index (χ3n) is 1.90. The minimum Gasteiger partial charge on any atom is -0.478 e. The molecule has 0 saturated heterocycles. The Morgan fingerprint density at radius 2 is 2.33 bits per heavy atom. The van der Waals surface area contributed by atoms with E-state index in [2.05, 4.69) is 0 Å². The molecule has 1 aromatic rings. The number of hydrogen-bond donors (Lipinski definition) is 1. The number of hydrogen-bond acceptors (Lipinski definition) is 5. The van der Waals surface area contributed by atoms with Crippen LogP contribution in [0.4, 0.5) is 5.69 Å². The molecular formula is C11H8N2O5. The van der Waals surface area contributed by atoms with Crippen LogP contribution in [0.25, 0.3) is 6.08 Å². The molecule has 7 nitrogen and oxygen atoms in total. The highest BCUT2D eigenvalue weighted by molar-refractivity contribution is 5.86. The summed E-state index contributed by atoms with van der Waals surface area (Å²) in [5.41, 5.74) is 0.0335. The zero-order valence-electron chi connectivity index (χ0n) is 9.07. The minimum atomic E-state index is -1.19. The average Bonchev–Trinajstić information content (AvgIpc) is 2.33. The Bertz CT molecular complexity index is 545. The van der Waals surface area contributed by atoms with Gasteiger partial charge in [-0.05, 0) is 12.1 Å². The fraction of sp³-hybridized carbons (Fsp3) is 0.0909. The van der Waals surface area contributed by atoms with E-state index in [9.17, 15) is 14.9 Å². The highest BCUT2D eigenvalue weighted by Crippen LogP contribution is 2.25. The van der Waals surface area contributed by atoms with Crippen LogP contribution < -0.4 is 4.74 Å². The van der Waals surface area contributed by atoms with Gasteiger partial charge in [-0.2, -0.15) is 5.26 Å². The number of carbonyl (C=O) groups is 1. The van der Waals surface area contributed by atoms with Crippen molar-refractivity contribution in [2.45, 2.75) is 0 Å². The van der Waals surface area contributed by atoms with E-state index in [1.54, 1.807) is 6.07 Å². The molecule has 0 heterocycles. The van der Waals surface area contributed by atoms with Crippen molar-refractivity contribution < 1.29 is 19.6 Å². The number of nitriles is 1. The van der Waals surface area contributed by atoms with Gasteiger partial charge >= 0.3 is 5.97 Å². The molecule has 0 spiro atoms. The van der Waals surface area contributed by atoms with Gasteiger partial charge in [0.1, 0.15) is 11.8 Å². The van der Waals surface area contributed by atoms with Crippen molar-refractivity contribution in [3.05, 3.63) is 40.0 Å². The van der Waals surface area contributed by atoms with Crippen LogP contribution >= 0.6 is 0 Å². The van der Waals surface area contributed by atoms with E-state index in [-0.39, 0.29) is 23.6 Å². The number of ether oxygens (including phenoxy) is 1. The third-order valence-corrected chi connectivity index (χ3v) is 1.90. The average molecular weight is 248 g/mol. The lowest BCUT2D eigenvalue weighted by Gasteiger charge is -2.05. The first-order valence-electron chi connectivity index (χ1n) is 4.74. The molecule has 0 aromatic heterocycles. The second-order valence-electron chi connectivity index (χ2n) is 3.10. The second kappa shape index (κ2) is 6.00. The maximum absolute atomic E-state index is 10.6. The van der Waals surface area contributed by atoms with E-state index < -0.39 is 10.9 Å². The molecule has 0 saturated carbocycles. The Balaban J connectivity index is 3.13. The van der Waals surface area contributed by atoms with Gasteiger partial charge in [-0.1, -0.05) is 0 Å². The molecule has 1 rings (SSSR count). The van der Waals surface area contributed by atoms with Crippen molar-refractivity contribution >= 4 is 17.7 Å². The topological polar surface area (TPSA) is 113 Å². The van der Waals surface area contributed by atoms with E-state index in [1.165, 1.54) is 24.3 Å². The fourth-order valence-electron chi connectivity index (χ4n) is 1.18. The lowest BCUT2D eigenvalue weighted by molar-refractivity contribution is -0.384. The molecule has 7 heteroatoms. The molecule has 0 aliphatic rings. The molecule has 0 fully saturated rings. The van der Waals surface area contributed by atoms with Gasteiger partial charge in [0.2, 0.25) is 0 Å². The van der Waals surface area contributed by atoms with Crippen LogP contribution in [0.5, 0.6) is 5.75 Å². The van der Waals surface area contributed by atoms with E-state index in [1.807, 2.05) is 0 Å².